The zero-order valence-corrected chi connectivity index (χ0v) is 19.4. The van der Waals surface area contributed by atoms with Crippen LogP contribution in [0.15, 0.2) is 72.8 Å². The standard InChI is InChI=1S/C29H24F4O2/c1-3-35-25-17-16-24(28(32)29(25)33)19-7-4-18(5-8-19)6-9-21-12-15-23(27(31)26(21)30)20-10-13-22(34-2)14-11-20/h4-5,7-8,10-17H,3,6,9H2,1-2H3. The second-order valence-corrected chi connectivity index (χ2v) is 8.00. The Bertz CT molecular complexity index is 1320. The molecule has 4 rings (SSSR count). The summed E-state index contributed by atoms with van der Waals surface area (Å²) in [5.41, 5.74) is 2.50. The Kier molecular flexibility index (Phi) is 7.39. The van der Waals surface area contributed by atoms with Gasteiger partial charge in [-0.1, -0.05) is 48.5 Å². The molecule has 0 aliphatic rings. The first-order chi connectivity index (χ1) is 16.9. The lowest BCUT2D eigenvalue weighted by atomic mass is 9.97. The molecule has 0 bridgehead atoms. The van der Waals surface area contributed by atoms with Crippen LogP contribution in [0.3, 0.4) is 0 Å². The first-order valence-corrected chi connectivity index (χ1v) is 11.2. The smallest absolute Gasteiger partial charge is 0.201 e. The van der Waals surface area contributed by atoms with Crippen LogP contribution in [-0.2, 0) is 12.8 Å². The maximum Gasteiger partial charge on any atom is 0.201 e. The van der Waals surface area contributed by atoms with Crippen LogP contribution in [-0.4, -0.2) is 13.7 Å². The van der Waals surface area contributed by atoms with Crippen molar-refractivity contribution in [2.75, 3.05) is 13.7 Å². The highest BCUT2D eigenvalue weighted by Gasteiger charge is 2.17. The minimum atomic E-state index is -1.02. The second-order valence-electron chi connectivity index (χ2n) is 8.00. The molecule has 0 aliphatic heterocycles. The Labute approximate surface area is 201 Å². The van der Waals surface area contributed by atoms with Crippen LogP contribution < -0.4 is 9.47 Å². The Morgan fingerprint density at radius 1 is 0.600 bits per heavy atom. The average Bonchev–Trinajstić information content (AvgIpc) is 2.88. The van der Waals surface area contributed by atoms with Crippen LogP contribution in [0.2, 0.25) is 0 Å². The van der Waals surface area contributed by atoms with E-state index in [-0.39, 0.29) is 35.5 Å². The zero-order valence-electron chi connectivity index (χ0n) is 19.4. The normalized spacial score (nSPS) is 10.9. The van der Waals surface area contributed by atoms with Crippen LogP contribution in [0, 0.1) is 23.3 Å². The lowest BCUT2D eigenvalue weighted by Crippen LogP contribution is -2.00. The maximum atomic E-state index is 14.8. The molecule has 0 radical (unpaired) electrons. The van der Waals surface area contributed by atoms with Crippen LogP contribution in [0.1, 0.15) is 18.1 Å². The quantitative estimate of drug-likeness (QED) is 0.240. The summed E-state index contributed by atoms with van der Waals surface area (Å²) in [7, 11) is 1.54. The lowest BCUT2D eigenvalue weighted by Gasteiger charge is -2.11. The predicted molar refractivity (Wildman–Crippen MR) is 129 cm³/mol. The Morgan fingerprint density at radius 2 is 1.17 bits per heavy atom. The molecule has 6 heteroatoms. The summed E-state index contributed by atoms with van der Waals surface area (Å²) in [6.45, 7) is 1.93. The third-order valence-electron chi connectivity index (χ3n) is 5.86. The number of hydrogen-bond acceptors (Lipinski definition) is 2. The van der Waals surface area contributed by atoms with Gasteiger partial charge in [0.15, 0.2) is 23.2 Å². The third-order valence-corrected chi connectivity index (χ3v) is 5.86. The molecule has 0 aromatic heterocycles. The molecule has 0 atom stereocenters. The van der Waals surface area contributed by atoms with Gasteiger partial charge in [-0.05, 0) is 66.3 Å². The highest BCUT2D eigenvalue weighted by molar-refractivity contribution is 5.66. The number of aryl methyl sites for hydroxylation is 2. The fourth-order valence-electron chi connectivity index (χ4n) is 3.93. The molecule has 35 heavy (non-hydrogen) atoms. The number of ether oxygens (including phenoxy) is 2. The second kappa shape index (κ2) is 10.6. The molecule has 2 nitrogen and oxygen atoms in total. The van der Waals surface area contributed by atoms with E-state index in [9.17, 15) is 17.6 Å². The van der Waals surface area contributed by atoms with Gasteiger partial charge in [0.2, 0.25) is 5.82 Å². The molecule has 0 N–H and O–H groups in total. The molecule has 0 amide bonds. The number of rotatable bonds is 8. The minimum absolute atomic E-state index is 0.125. The molecule has 0 unspecified atom stereocenters. The molecule has 0 spiro atoms. The molecule has 0 saturated heterocycles. The van der Waals surface area contributed by atoms with Gasteiger partial charge in [0.25, 0.3) is 0 Å². The number of hydrogen-bond donors (Lipinski definition) is 0. The summed E-state index contributed by atoms with van der Waals surface area (Å²) < 4.78 is 68.4. The number of halogens is 4. The summed E-state index contributed by atoms with van der Waals surface area (Å²) >= 11 is 0. The van der Waals surface area contributed by atoms with E-state index in [1.165, 1.54) is 19.2 Å². The average molecular weight is 481 g/mol. The molecule has 180 valence electrons. The summed E-state index contributed by atoms with van der Waals surface area (Å²) in [5, 5.41) is 0. The molecule has 0 heterocycles. The van der Waals surface area contributed by atoms with E-state index in [1.807, 2.05) is 0 Å². The van der Waals surface area contributed by atoms with Crippen LogP contribution in [0.25, 0.3) is 22.3 Å². The molecule has 0 saturated carbocycles. The van der Waals surface area contributed by atoms with Crippen LogP contribution in [0.5, 0.6) is 11.5 Å². The van der Waals surface area contributed by atoms with Gasteiger partial charge >= 0.3 is 0 Å². The van der Waals surface area contributed by atoms with E-state index in [0.29, 0.717) is 23.3 Å². The van der Waals surface area contributed by atoms with Crippen molar-refractivity contribution in [2.45, 2.75) is 19.8 Å². The first kappa shape index (κ1) is 24.3. The highest BCUT2D eigenvalue weighted by atomic mass is 19.2. The Morgan fingerprint density at radius 3 is 1.77 bits per heavy atom. The van der Waals surface area contributed by atoms with Gasteiger partial charge in [-0.25, -0.2) is 13.2 Å². The van der Waals surface area contributed by atoms with Gasteiger partial charge in [0, 0.05) is 11.1 Å². The van der Waals surface area contributed by atoms with Gasteiger partial charge in [0.05, 0.1) is 13.7 Å². The van der Waals surface area contributed by atoms with Crippen molar-refractivity contribution in [2.24, 2.45) is 0 Å². The number of benzene rings is 4. The molecule has 4 aromatic rings. The molecule has 4 aromatic carbocycles. The molecular weight excluding hydrogens is 456 g/mol. The van der Waals surface area contributed by atoms with Gasteiger partial charge in [-0.3, -0.25) is 0 Å². The SMILES string of the molecule is CCOc1ccc(-c2ccc(CCc3ccc(-c4ccc(OC)cc4)c(F)c3F)cc2)c(F)c1F. The fourth-order valence-corrected chi connectivity index (χ4v) is 3.93. The summed E-state index contributed by atoms with van der Waals surface area (Å²) in [6.07, 6.45) is 0.746. The minimum Gasteiger partial charge on any atom is -0.497 e. The maximum absolute atomic E-state index is 14.8. The van der Waals surface area contributed by atoms with Crippen LogP contribution in [0.4, 0.5) is 17.6 Å². The topological polar surface area (TPSA) is 18.5 Å². The van der Waals surface area contributed by atoms with Crippen molar-refractivity contribution in [3.05, 3.63) is 107 Å². The third kappa shape index (κ3) is 5.16. The largest absolute Gasteiger partial charge is 0.497 e. The first-order valence-electron chi connectivity index (χ1n) is 11.2. The van der Waals surface area contributed by atoms with Crippen molar-refractivity contribution < 1.29 is 27.0 Å². The summed E-state index contributed by atoms with van der Waals surface area (Å²) in [6, 6.07) is 19.7. The molecule has 0 fully saturated rings. The van der Waals surface area contributed by atoms with Crippen LogP contribution >= 0.6 is 0 Å². The van der Waals surface area contributed by atoms with Crippen molar-refractivity contribution in [1.29, 1.82) is 0 Å². The lowest BCUT2D eigenvalue weighted by molar-refractivity contribution is 0.314. The van der Waals surface area contributed by atoms with Crippen molar-refractivity contribution in [3.63, 3.8) is 0 Å². The van der Waals surface area contributed by atoms with Gasteiger partial charge in [-0.2, -0.15) is 4.39 Å². The van der Waals surface area contributed by atoms with E-state index in [4.69, 9.17) is 9.47 Å². The van der Waals surface area contributed by atoms with E-state index >= 15 is 0 Å². The van der Waals surface area contributed by atoms with Crippen molar-refractivity contribution in [1.82, 2.24) is 0 Å². The van der Waals surface area contributed by atoms with Crippen molar-refractivity contribution in [3.8, 4) is 33.8 Å². The van der Waals surface area contributed by atoms with Gasteiger partial charge < -0.3 is 9.47 Å². The molecule has 0 aliphatic carbocycles. The number of methoxy groups -OCH3 is 1. The Hall–Kier alpha value is -3.80. The predicted octanol–water partition coefficient (Wildman–Crippen LogP) is 7.77. The highest BCUT2D eigenvalue weighted by Crippen LogP contribution is 2.31. The summed E-state index contributed by atoms with van der Waals surface area (Å²) in [4.78, 5) is 0. The van der Waals surface area contributed by atoms with E-state index in [1.54, 1.807) is 67.6 Å². The Balaban J connectivity index is 1.47. The fraction of sp³-hybridized carbons (Fsp3) is 0.172. The molecular formula is C29H24F4O2. The van der Waals surface area contributed by atoms with Crippen molar-refractivity contribution >= 4 is 0 Å². The zero-order chi connectivity index (χ0) is 24.9. The van der Waals surface area contributed by atoms with E-state index < -0.39 is 23.3 Å². The van der Waals surface area contributed by atoms with Gasteiger partial charge in [0.1, 0.15) is 5.75 Å². The van der Waals surface area contributed by atoms with E-state index in [2.05, 4.69) is 0 Å². The van der Waals surface area contributed by atoms with Gasteiger partial charge in [-0.15, -0.1) is 0 Å². The van der Waals surface area contributed by atoms with E-state index in [0.717, 1.165) is 5.56 Å². The summed E-state index contributed by atoms with van der Waals surface area (Å²) in [5.74, 6) is -3.26. The monoisotopic (exact) mass is 480 g/mol.